The molecule has 0 radical (unpaired) electrons. The predicted molar refractivity (Wildman–Crippen MR) is 107 cm³/mol. The summed E-state index contributed by atoms with van der Waals surface area (Å²) in [7, 11) is 0. The van der Waals surface area contributed by atoms with E-state index >= 15 is 0 Å². The average molecular weight is 378 g/mol. The van der Waals surface area contributed by atoms with Crippen molar-refractivity contribution in [1.82, 2.24) is 10.2 Å². The number of thiocarbonyl (C=S) groups is 1. The number of nitrogens with one attached hydrogen (secondary N) is 1. The Bertz CT molecular complexity index is 673. The third-order valence-electron chi connectivity index (χ3n) is 5.68. The van der Waals surface area contributed by atoms with Crippen LogP contribution in [0.3, 0.4) is 0 Å². The van der Waals surface area contributed by atoms with Gasteiger partial charge in [-0.15, -0.1) is 0 Å². The molecule has 1 aromatic carbocycles. The number of halogens is 1. The molecule has 2 fully saturated rings. The minimum atomic E-state index is -0.331. The van der Waals surface area contributed by atoms with Gasteiger partial charge in [0, 0.05) is 37.8 Å². The molecule has 1 heterocycles. The zero-order valence-corrected chi connectivity index (χ0v) is 16.4. The molecule has 4 nitrogen and oxygen atoms in total. The molecule has 0 unspecified atom stereocenters. The van der Waals surface area contributed by atoms with E-state index in [1.165, 1.54) is 38.7 Å². The SMILES string of the molecule is CC(=O)c1ccc(N2CCN(C(=S)N[C@H]3CCCC[C@H]3C)CC2)c(F)c1. The number of Topliss-reactive ketones (excluding diaryl/α,β-unsaturated/α-hetero) is 1. The van der Waals surface area contributed by atoms with E-state index in [1.54, 1.807) is 12.1 Å². The molecule has 1 N–H and O–H groups in total. The largest absolute Gasteiger partial charge is 0.366 e. The summed E-state index contributed by atoms with van der Waals surface area (Å²) >= 11 is 5.62. The second kappa shape index (κ2) is 8.33. The van der Waals surface area contributed by atoms with Gasteiger partial charge in [0.1, 0.15) is 5.82 Å². The molecule has 6 heteroatoms. The molecule has 0 aromatic heterocycles. The number of piperazine rings is 1. The van der Waals surface area contributed by atoms with E-state index in [1.807, 2.05) is 4.90 Å². The summed E-state index contributed by atoms with van der Waals surface area (Å²) in [5.74, 6) is 0.216. The number of hydrogen-bond acceptors (Lipinski definition) is 3. The van der Waals surface area contributed by atoms with Gasteiger partial charge in [0.15, 0.2) is 10.9 Å². The fraction of sp³-hybridized carbons (Fsp3) is 0.600. The molecule has 1 saturated carbocycles. The summed E-state index contributed by atoms with van der Waals surface area (Å²) in [5, 5.41) is 4.38. The van der Waals surface area contributed by atoms with E-state index < -0.39 is 0 Å². The lowest BCUT2D eigenvalue weighted by molar-refractivity contribution is 0.101. The van der Waals surface area contributed by atoms with E-state index in [0.29, 0.717) is 23.2 Å². The van der Waals surface area contributed by atoms with Crippen LogP contribution in [0.2, 0.25) is 0 Å². The van der Waals surface area contributed by atoms with Crippen molar-refractivity contribution in [1.29, 1.82) is 0 Å². The highest BCUT2D eigenvalue weighted by Gasteiger charge is 2.26. The topological polar surface area (TPSA) is 35.6 Å². The Morgan fingerprint density at radius 2 is 1.88 bits per heavy atom. The number of benzene rings is 1. The van der Waals surface area contributed by atoms with Crippen molar-refractivity contribution < 1.29 is 9.18 Å². The van der Waals surface area contributed by atoms with Gasteiger partial charge >= 0.3 is 0 Å². The Balaban J connectivity index is 1.55. The molecule has 26 heavy (non-hydrogen) atoms. The van der Waals surface area contributed by atoms with Crippen molar-refractivity contribution in [3.63, 3.8) is 0 Å². The van der Waals surface area contributed by atoms with Gasteiger partial charge in [-0.25, -0.2) is 4.39 Å². The zero-order valence-electron chi connectivity index (χ0n) is 15.6. The zero-order chi connectivity index (χ0) is 18.7. The molecule has 0 spiro atoms. The van der Waals surface area contributed by atoms with E-state index in [-0.39, 0.29) is 11.6 Å². The van der Waals surface area contributed by atoms with Crippen LogP contribution in [-0.2, 0) is 0 Å². The fourth-order valence-corrected chi connectivity index (χ4v) is 4.25. The summed E-state index contributed by atoms with van der Waals surface area (Å²) in [4.78, 5) is 15.6. The van der Waals surface area contributed by atoms with Crippen LogP contribution in [0, 0.1) is 11.7 Å². The van der Waals surface area contributed by atoms with Crippen molar-refractivity contribution in [2.45, 2.75) is 45.6 Å². The van der Waals surface area contributed by atoms with Crippen molar-refractivity contribution in [3.05, 3.63) is 29.6 Å². The van der Waals surface area contributed by atoms with Crippen LogP contribution >= 0.6 is 12.2 Å². The molecule has 1 saturated heterocycles. The van der Waals surface area contributed by atoms with E-state index in [4.69, 9.17) is 12.2 Å². The van der Waals surface area contributed by atoms with Gasteiger partial charge in [0.2, 0.25) is 0 Å². The molecular weight excluding hydrogens is 349 g/mol. The number of hydrogen-bond donors (Lipinski definition) is 1. The molecule has 2 aliphatic rings. The van der Waals surface area contributed by atoms with Crippen LogP contribution in [0.4, 0.5) is 10.1 Å². The van der Waals surface area contributed by atoms with Crippen LogP contribution in [-0.4, -0.2) is 48.0 Å². The van der Waals surface area contributed by atoms with Gasteiger partial charge in [-0.3, -0.25) is 4.79 Å². The first-order valence-electron chi connectivity index (χ1n) is 9.56. The maximum atomic E-state index is 14.4. The Kier molecular flexibility index (Phi) is 6.12. The molecule has 0 amide bonds. The summed E-state index contributed by atoms with van der Waals surface area (Å²) in [6, 6.07) is 5.22. The first-order chi connectivity index (χ1) is 12.5. The molecule has 1 aliphatic carbocycles. The average Bonchev–Trinajstić information content (AvgIpc) is 2.63. The lowest BCUT2D eigenvalue weighted by atomic mass is 9.86. The lowest BCUT2D eigenvalue weighted by Gasteiger charge is -2.39. The van der Waals surface area contributed by atoms with Gasteiger partial charge in [-0.2, -0.15) is 0 Å². The number of rotatable bonds is 3. The highest BCUT2D eigenvalue weighted by molar-refractivity contribution is 7.80. The lowest BCUT2D eigenvalue weighted by Crippen LogP contribution is -2.54. The van der Waals surface area contributed by atoms with Gasteiger partial charge in [0.25, 0.3) is 0 Å². The van der Waals surface area contributed by atoms with Gasteiger partial charge < -0.3 is 15.1 Å². The maximum absolute atomic E-state index is 14.4. The summed E-state index contributed by atoms with van der Waals surface area (Å²) < 4.78 is 14.4. The third-order valence-corrected chi connectivity index (χ3v) is 6.06. The fourth-order valence-electron chi connectivity index (χ4n) is 3.91. The molecule has 2 atom stereocenters. The molecule has 3 rings (SSSR count). The first kappa shape index (κ1) is 19.1. The minimum Gasteiger partial charge on any atom is -0.366 e. The monoisotopic (exact) mass is 377 g/mol. The first-order valence-corrected chi connectivity index (χ1v) is 9.97. The van der Waals surface area contributed by atoms with Crippen LogP contribution in [0.15, 0.2) is 18.2 Å². The summed E-state index contributed by atoms with van der Waals surface area (Å²) in [6.45, 7) is 6.75. The van der Waals surface area contributed by atoms with Crippen LogP contribution in [0.25, 0.3) is 0 Å². The maximum Gasteiger partial charge on any atom is 0.169 e. The Labute approximate surface area is 160 Å². The molecular formula is C20H28FN3OS. The van der Waals surface area contributed by atoms with Crippen molar-refractivity contribution >= 4 is 28.8 Å². The van der Waals surface area contributed by atoms with Gasteiger partial charge in [-0.1, -0.05) is 19.8 Å². The normalized spacial score (nSPS) is 23.7. The Morgan fingerprint density at radius 3 is 2.50 bits per heavy atom. The van der Waals surface area contributed by atoms with Crippen molar-refractivity contribution in [3.8, 4) is 0 Å². The Morgan fingerprint density at radius 1 is 1.19 bits per heavy atom. The standard InChI is InChI=1S/C20H28FN3OS/c1-14-5-3-4-6-18(14)22-20(26)24-11-9-23(10-12-24)19-8-7-16(15(2)25)13-17(19)21/h7-8,13-14,18H,3-6,9-12H2,1-2H3,(H,22,26)/t14-,18+/m1/s1. The predicted octanol–water partition coefficient (Wildman–Crippen LogP) is 3.60. The minimum absolute atomic E-state index is 0.117. The second-order valence-electron chi connectivity index (χ2n) is 7.51. The van der Waals surface area contributed by atoms with Crippen molar-refractivity contribution in [2.24, 2.45) is 5.92 Å². The number of ketones is 1. The number of carbonyl (C=O) groups excluding carboxylic acids is 1. The molecule has 1 aromatic rings. The van der Waals surface area contributed by atoms with Crippen LogP contribution in [0.1, 0.15) is 49.9 Å². The number of anilines is 1. The molecule has 1 aliphatic heterocycles. The smallest absolute Gasteiger partial charge is 0.169 e. The van der Waals surface area contributed by atoms with Gasteiger partial charge in [0.05, 0.1) is 5.69 Å². The second-order valence-corrected chi connectivity index (χ2v) is 7.90. The van der Waals surface area contributed by atoms with Crippen LogP contribution < -0.4 is 10.2 Å². The van der Waals surface area contributed by atoms with Gasteiger partial charge in [-0.05, 0) is 56.1 Å². The number of carbonyl (C=O) groups is 1. The third kappa shape index (κ3) is 4.34. The van der Waals surface area contributed by atoms with Crippen molar-refractivity contribution in [2.75, 3.05) is 31.1 Å². The quantitative estimate of drug-likeness (QED) is 0.643. The van der Waals surface area contributed by atoms with E-state index in [9.17, 15) is 9.18 Å². The van der Waals surface area contributed by atoms with E-state index in [0.717, 1.165) is 31.3 Å². The van der Waals surface area contributed by atoms with Crippen LogP contribution in [0.5, 0.6) is 0 Å². The number of nitrogens with zero attached hydrogens (tertiary/aromatic N) is 2. The highest BCUT2D eigenvalue weighted by atomic mass is 32.1. The summed E-state index contributed by atoms with van der Waals surface area (Å²) in [5.41, 5.74) is 0.978. The van der Waals surface area contributed by atoms with E-state index in [2.05, 4.69) is 17.1 Å². The molecule has 0 bridgehead atoms. The highest BCUT2D eigenvalue weighted by Crippen LogP contribution is 2.25. The summed E-state index contributed by atoms with van der Waals surface area (Å²) in [6.07, 6.45) is 5.05. The Hall–Kier alpha value is -1.69. The molecule has 142 valence electrons.